The zero-order valence-corrected chi connectivity index (χ0v) is 12.3. The predicted molar refractivity (Wildman–Crippen MR) is 75.5 cm³/mol. The van der Waals surface area contributed by atoms with Crippen LogP contribution in [0.1, 0.15) is 19.4 Å². The quantitative estimate of drug-likeness (QED) is 0.867. The molecule has 1 aromatic rings. The summed E-state index contributed by atoms with van der Waals surface area (Å²) in [6, 6.07) is 7.86. The van der Waals surface area contributed by atoms with Crippen molar-refractivity contribution in [1.29, 1.82) is 0 Å². The molecule has 0 aromatic heterocycles. The highest BCUT2D eigenvalue weighted by Crippen LogP contribution is 2.21. The molecule has 0 atom stereocenters. The number of amides is 1. The van der Waals surface area contributed by atoms with E-state index in [9.17, 15) is 4.79 Å². The number of benzene rings is 1. The van der Waals surface area contributed by atoms with E-state index in [1.54, 1.807) is 0 Å². The first-order valence-electron chi connectivity index (χ1n) is 5.53. The molecule has 17 heavy (non-hydrogen) atoms. The van der Waals surface area contributed by atoms with Gasteiger partial charge in [-0.1, -0.05) is 34.1 Å². The number of carbonyl (C=O) groups is 1. The molecule has 0 fully saturated rings. The van der Waals surface area contributed by atoms with E-state index in [2.05, 4.69) is 26.1 Å². The van der Waals surface area contributed by atoms with Crippen molar-refractivity contribution < 1.29 is 4.79 Å². The molecule has 1 N–H and O–H groups in total. The van der Waals surface area contributed by atoms with Crippen molar-refractivity contribution in [3.05, 3.63) is 29.8 Å². The fraction of sp³-hybridized carbons (Fsp3) is 0.462. The first-order chi connectivity index (χ1) is 7.80. The Morgan fingerprint density at radius 2 is 1.94 bits per heavy atom. The summed E-state index contributed by atoms with van der Waals surface area (Å²) < 4.78 is -0.557. The molecular weight excluding hydrogens is 280 g/mol. The smallest absolute Gasteiger partial charge is 0.240 e. The molecule has 4 heteroatoms. The Labute approximate surface area is 111 Å². The molecule has 3 nitrogen and oxygen atoms in total. The van der Waals surface area contributed by atoms with Crippen LogP contribution in [0.25, 0.3) is 0 Å². The number of hydrogen-bond acceptors (Lipinski definition) is 2. The summed E-state index contributed by atoms with van der Waals surface area (Å²) in [5.74, 6) is -0.0382. The van der Waals surface area contributed by atoms with Crippen LogP contribution in [-0.4, -0.2) is 29.2 Å². The summed E-state index contributed by atoms with van der Waals surface area (Å²) in [5.41, 5.74) is 1.99. The van der Waals surface area contributed by atoms with E-state index >= 15 is 0 Å². The van der Waals surface area contributed by atoms with Crippen LogP contribution in [0.15, 0.2) is 24.3 Å². The monoisotopic (exact) mass is 298 g/mol. The van der Waals surface area contributed by atoms with E-state index in [-0.39, 0.29) is 5.91 Å². The minimum Gasteiger partial charge on any atom is -0.325 e. The Morgan fingerprint density at radius 1 is 1.35 bits per heavy atom. The number of nitrogens with one attached hydrogen (secondary N) is 1. The molecule has 0 aliphatic rings. The minimum absolute atomic E-state index is 0.0382. The Hall–Kier alpha value is -0.870. The van der Waals surface area contributed by atoms with Crippen molar-refractivity contribution in [3.63, 3.8) is 0 Å². The number of alkyl halides is 1. The Morgan fingerprint density at radius 3 is 2.47 bits per heavy atom. The van der Waals surface area contributed by atoms with Gasteiger partial charge in [-0.2, -0.15) is 0 Å². The van der Waals surface area contributed by atoms with Crippen molar-refractivity contribution in [2.45, 2.75) is 24.7 Å². The Bertz CT molecular complexity index is 397. The Balaban J connectivity index is 2.87. The summed E-state index contributed by atoms with van der Waals surface area (Å²) >= 11 is 3.35. The summed E-state index contributed by atoms with van der Waals surface area (Å²) in [4.78, 5) is 14.0. The number of para-hydroxylation sites is 1. The number of nitrogens with zero attached hydrogens (tertiary/aromatic N) is 1. The van der Waals surface area contributed by atoms with Crippen molar-refractivity contribution in [3.8, 4) is 0 Å². The second kappa shape index (κ2) is 5.65. The lowest BCUT2D eigenvalue weighted by Gasteiger charge is -2.19. The number of halogens is 1. The lowest BCUT2D eigenvalue weighted by Crippen LogP contribution is -2.31. The van der Waals surface area contributed by atoms with Crippen molar-refractivity contribution in [2.24, 2.45) is 0 Å². The van der Waals surface area contributed by atoms with Gasteiger partial charge >= 0.3 is 0 Å². The predicted octanol–water partition coefficient (Wildman–Crippen LogP) is 2.86. The first-order valence-corrected chi connectivity index (χ1v) is 6.33. The van der Waals surface area contributed by atoms with Crippen LogP contribution in [0.5, 0.6) is 0 Å². The molecule has 0 saturated carbocycles. The van der Waals surface area contributed by atoms with E-state index in [4.69, 9.17) is 0 Å². The van der Waals surface area contributed by atoms with Crippen LogP contribution in [0.4, 0.5) is 5.69 Å². The van der Waals surface area contributed by atoms with Gasteiger partial charge in [-0.05, 0) is 39.6 Å². The van der Waals surface area contributed by atoms with Crippen LogP contribution >= 0.6 is 15.9 Å². The average Bonchev–Trinajstić information content (AvgIpc) is 2.18. The SMILES string of the molecule is CN(C)Cc1ccccc1NC(=O)C(C)(C)Br. The zero-order valence-electron chi connectivity index (χ0n) is 10.7. The Kier molecular flexibility index (Phi) is 4.71. The molecule has 1 aromatic carbocycles. The molecule has 0 bridgehead atoms. The van der Waals surface area contributed by atoms with Gasteiger partial charge in [0.05, 0.1) is 4.32 Å². The highest BCUT2D eigenvalue weighted by molar-refractivity contribution is 9.10. The normalized spacial score (nSPS) is 11.6. The lowest BCUT2D eigenvalue weighted by atomic mass is 10.1. The lowest BCUT2D eigenvalue weighted by molar-refractivity contribution is -0.117. The van der Waals surface area contributed by atoms with Gasteiger partial charge in [0.25, 0.3) is 0 Å². The van der Waals surface area contributed by atoms with E-state index in [1.807, 2.05) is 52.2 Å². The third-order valence-electron chi connectivity index (χ3n) is 2.29. The van der Waals surface area contributed by atoms with Crippen molar-refractivity contribution in [1.82, 2.24) is 4.90 Å². The third kappa shape index (κ3) is 4.48. The van der Waals surface area contributed by atoms with E-state index in [0.717, 1.165) is 17.8 Å². The van der Waals surface area contributed by atoms with Crippen LogP contribution in [-0.2, 0) is 11.3 Å². The van der Waals surface area contributed by atoms with Gasteiger partial charge in [-0.15, -0.1) is 0 Å². The summed E-state index contributed by atoms with van der Waals surface area (Å²) in [5, 5.41) is 2.94. The largest absolute Gasteiger partial charge is 0.325 e. The maximum atomic E-state index is 11.9. The molecule has 0 radical (unpaired) electrons. The van der Waals surface area contributed by atoms with Gasteiger partial charge in [-0.25, -0.2) is 0 Å². The third-order valence-corrected chi connectivity index (χ3v) is 2.65. The van der Waals surface area contributed by atoms with Gasteiger partial charge in [0.2, 0.25) is 5.91 Å². The number of rotatable bonds is 4. The van der Waals surface area contributed by atoms with Crippen LogP contribution < -0.4 is 5.32 Å². The number of hydrogen-bond donors (Lipinski definition) is 1. The van der Waals surface area contributed by atoms with E-state index in [1.165, 1.54) is 0 Å². The first kappa shape index (κ1) is 14.2. The van der Waals surface area contributed by atoms with Crippen LogP contribution in [0, 0.1) is 0 Å². The topological polar surface area (TPSA) is 32.3 Å². The summed E-state index contributed by atoms with van der Waals surface area (Å²) in [7, 11) is 4.01. The molecule has 0 aliphatic carbocycles. The molecule has 0 unspecified atom stereocenters. The van der Waals surface area contributed by atoms with Gasteiger partial charge < -0.3 is 10.2 Å². The van der Waals surface area contributed by atoms with Gasteiger partial charge in [0.1, 0.15) is 0 Å². The molecule has 1 amide bonds. The maximum absolute atomic E-state index is 11.9. The summed E-state index contributed by atoms with van der Waals surface area (Å²) in [6.07, 6.45) is 0. The minimum atomic E-state index is -0.557. The average molecular weight is 299 g/mol. The second-order valence-corrected chi connectivity index (χ2v) is 6.80. The zero-order chi connectivity index (χ0) is 13.1. The molecule has 94 valence electrons. The second-order valence-electron chi connectivity index (χ2n) is 4.82. The fourth-order valence-electron chi connectivity index (χ4n) is 1.39. The maximum Gasteiger partial charge on any atom is 0.240 e. The van der Waals surface area contributed by atoms with Crippen LogP contribution in [0.2, 0.25) is 0 Å². The van der Waals surface area contributed by atoms with Gasteiger partial charge in [0.15, 0.2) is 0 Å². The van der Waals surface area contributed by atoms with Crippen molar-refractivity contribution >= 4 is 27.5 Å². The molecule has 1 rings (SSSR count). The van der Waals surface area contributed by atoms with Gasteiger partial charge in [-0.3, -0.25) is 4.79 Å². The highest BCUT2D eigenvalue weighted by atomic mass is 79.9. The highest BCUT2D eigenvalue weighted by Gasteiger charge is 2.24. The van der Waals surface area contributed by atoms with E-state index < -0.39 is 4.32 Å². The van der Waals surface area contributed by atoms with E-state index in [0.29, 0.717) is 0 Å². The summed E-state index contributed by atoms with van der Waals surface area (Å²) in [6.45, 7) is 4.47. The molecule has 0 heterocycles. The molecule has 0 saturated heterocycles. The molecule has 0 aliphatic heterocycles. The van der Waals surface area contributed by atoms with Crippen LogP contribution in [0.3, 0.4) is 0 Å². The number of carbonyl (C=O) groups excluding carboxylic acids is 1. The molecular formula is C13H19BrN2O. The number of anilines is 1. The molecule has 0 spiro atoms. The fourth-order valence-corrected chi connectivity index (χ4v) is 1.49. The standard InChI is InChI=1S/C13H19BrN2O/c1-13(2,14)12(17)15-11-8-6-5-7-10(11)9-16(3)4/h5-8H,9H2,1-4H3,(H,15,17). The van der Waals surface area contributed by atoms with Gasteiger partial charge in [0, 0.05) is 12.2 Å². The van der Waals surface area contributed by atoms with Crippen molar-refractivity contribution in [2.75, 3.05) is 19.4 Å².